The Bertz CT molecular complexity index is 541. The molecule has 2 amide bonds. The monoisotopic (exact) mass is 409 g/mol. The molecule has 0 aromatic carbocycles. The van der Waals surface area contributed by atoms with Crippen molar-refractivity contribution in [2.24, 2.45) is 5.92 Å². The summed E-state index contributed by atoms with van der Waals surface area (Å²) in [6.07, 6.45) is 1.86. The smallest absolute Gasteiger partial charge is 0.407 e. The minimum Gasteiger partial charge on any atom is -0.465 e. The van der Waals surface area contributed by atoms with Crippen LogP contribution in [-0.4, -0.2) is 40.1 Å². The maximum absolute atomic E-state index is 12.1. The van der Waals surface area contributed by atoms with Gasteiger partial charge in [0.15, 0.2) is 0 Å². The predicted molar refractivity (Wildman–Crippen MR) is 82.9 cm³/mol. The molecule has 0 radical (unpaired) electrons. The van der Waals surface area contributed by atoms with Crippen molar-refractivity contribution in [3.8, 4) is 0 Å². The first-order valence-electron chi connectivity index (χ1n) is 6.07. The largest absolute Gasteiger partial charge is 0.465 e. The number of carbonyl (C=O) groups is 2. The van der Waals surface area contributed by atoms with Crippen LogP contribution in [0, 0.1) is 9.49 Å². The average molecular weight is 410 g/mol. The van der Waals surface area contributed by atoms with Gasteiger partial charge in [0.2, 0.25) is 5.91 Å². The van der Waals surface area contributed by atoms with E-state index in [0.717, 1.165) is 3.57 Å². The molecule has 1 atom stereocenters. The number of nitrogens with one attached hydrogen (secondary N) is 1. The third-order valence-electron chi connectivity index (χ3n) is 3.12. The number of hydrogen-bond donors (Lipinski definition) is 2. The predicted octanol–water partition coefficient (Wildman–Crippen LogP) is 2.67. The Morgan fingerprint density at radius 3 is 2.95 bits per heavy atom. The number of pyridine rings is 1. The van der Waals surface area contributed by atoms with Crippen molar-refractivity contribution in [3.63, 3.8) is 0 Å². The van der Waals surface area contributed by atoms with E-state index in [-0.39, 0.29) is 18.4 Å². The van der Waals surface area contributed by atoms with Crippen LogP contribution >= 0.6 is 34.2 Å². The number of rotatable bonds is 2. The van der Waals surface area contributed by atoms with Gasteiger partial charge in [0.1, 0.15) is 5.82 Å². The minimum absolute atomic E-state index is 0.207. The van der Waals surface area contributed by atoms with Crippen LogP contribution in [0.2, 0.25) is 5.02 Å². The Balaban J connectivity index is 2.00. The fraction of sp³-hybridized carbons (Fsp3) is 0.417. The third kappa shape index (κ3) is 3.72. The van der Waals surface area contributed by atoms with E-state index in [9.17, 15) is 9.59 Å². The van der Waals surface area contributed by atoms with E-state index >= 15 is 0 Å². The fourth-order valence-corrected chi connectivity index (χ4v) is 2.61. The second-order valence-corrected chi connectivity index (χ2v) is 6.11. The number of aromatic nitrogens is 1. The van der Waals surface area contributed by atoms with E-state index in [0.29, 0.717) is 30.2 Å². The Morgan fingerprint density at radius 1 is 1.55 bits per heavy atom. The summed E-state index contributed by atoms with van der Waals surface area (Å²) in [5.41, 5.74) is 0. The number of nitrogens with zero attached hydrogens (tertiary/aromatic N) is 2. The quantitative estimate of drug-likeness (QED) is 0.736. The molecule has 0 spiro atoms. The second-order valence-electron chi connectivity index (χ2n) is 4.54. The minimum atomic E-state index is -0.985. The van der Waals surface area contributed by atoms with Crippen molar-refractivity contribution in [2.75, 3.05) is 18.4 Å². The lowest BCUT2D eigenvalue weighted by Crippen LogP contribution is -2.43. The number of anilines is 1. The zero-order valence-electron chi connectivity index (χ0n) is 10.5. The zero-order chi connectivity index (χ0) is 14.7. The van der Waals surface area contributed by atoms with Crippen molar-refractivity contribution in [2.45, 2.75) is 12.8 Å². The highest BCUT2D eigenvalue weighted by Crippen LogP contribution is 2.22. The van der Waals surface area contributed by atoms with Crippen LogP contribution in [-0.2, 0) is 4.79 Å². The molecule has 1 aliphatic rings. The molecule has 6 nitrogen and oxygen atoms in total. The summed E-state index contributed by atoms with van der Waals surface area (Å²) in [4.78, 5) is 28.4. The first kappa shape index (κ1) is 15.3. The number of piperidine rings is 1. The van der Waals surface area contributed by atoms with Gasteiger partial charge in [0.05, 0.1) is 10.9 Å². The summed E-state index contributed by atoms with van der Waals surface area (Å²) in [5.74, 6) is -0.118. The summed E-state index contributed by atoms with van der Waals surface area (Å²) in [5, 5.41) is 12.2. The van der Waals surface area contributed by atoms with E-state index in [1.165, 1.54) is 11.1 Å². The first-order chi connectivity index (χ1) is 9.47. The molecule has 2 N–H and O–H groups in total. The van der Waals surface area contributed by atoms with Gasteiger partial charge in [-0.1, -0.05) is 11.6 Å². The highest BCUT2D eigenvalue weighted by Gasteiger charge is 2.28. The lowest BCUT2D eigenvalue weighted by molar-refractivity contribution is -0.121. The maximum atomic E-state index is 12.1. The molecular weight excluding hydrogens is 397 g/mol. The van der Waals surface area contributed by atoms with Crippen LogP contribution in [0.15, 0.2) is 12.3 Å². The van der Waals surface area contributed by atoms with Crippen molar-refractivity contribution in [1.82, 2.24) is 9.88 Å². The van der Waals surface area contributed by atoms with Gasteiger partial charge < -0.3 is 15.3 Å². The Labute approximate surface area is 134 Å². The molecule has 2 rings (SSSR count). The summed E-state index contributed by atoms with van der Waals surface area (Å²) in [6.45, 7) is 0.710. The van der Waals surface area contributed by atoms with Crippen LogP contribution in [0.25, 0.3) is 0 Å². The molecular formula is C12H13ClIN3O3. The molecule has 20 heavy (non-hydrogen) atoms. The molecule has 8 heteroatoms. The Morgan fingerprint density at radius 2 is 2.30 bits per heavy atom. The first-order valence-corrected chi connectivity index (χ1v) is 7.53. The molecule has 1 aliphatic heterocycles. The zero-order valence-corrected chi connectivity index (χ0v) is 13.4. The van der Waals surface area contributed by atoms with Crippen molar-refractivity contribution >= 4 is 52.0 Å². The number of carboxylic acid groups (broad SMARTS) is 1. The molecule has 1 fully saturated rings. The normalized spacial score (nSPS) is 18.7. The fourth-order valence-electron chi connectivity index (χ4n) is 2.08. The molecule has 1 unspecified atom stereocenters. The average Bonchev–Trinajstić information content (AvgIpc) is 2.43. The van der Waals surface area contributed by atoms with Gasteiger partial charge in [0.25, 0.3) is 0 Å². The van der Waals surface area contributed by atoms with Gasteiger partial charge in [-0.05, 0) is 41.5 Å². The molecule has 108 valence electrons. The van der Waals surface area contributed by atoms with E-state index in [1.54, 1.807) is 6.07 Å². The van der Waals surface area contributed by atoms with E-state index in [4.69, 9.17) is 16.7 Å². The van der Waals surface area contributed by atoms with Gasteiger partial charge in [0, 0.05) is 22.9 Å². The van der Waals surface area contributed by atoms with Crippen LogP contribution in [0.4, 0.5) is 10.6 Å². The standard InChI is InChI=1S/C12H13ClIN3O3/c13-8-5-15-10(4-9(8)14)16-11(18)7-2-1-3-17(6-7)12(19)20/h4-5,7H,1-3,6H2,(H,19,20)(H,15,16,18). The molecule has 1 aromatic rings. The van der Waals surface area contributed by atoms with Crippen LogP contribution < -0.4 is 5.32 Å². The number of hydrogen-bond acceptors (Lipinski definition) is 3. The van der Waals surface area contributed by atoms with Crippen LogP contribution in [0.5, 0.6) is 0 Å². The van der Waals surface area contributed by atoms with Crippen molar-refractivity contribution in [1.29, 1.82) is 0 Å². The van der Waals surface area contributed by atoms with E-state index in [1.807, 2.05) is 0 Å². The summed E-state index contributed by atoms with van der Waals surface area (Å²) < 4.78 is 0.797. The number of likely N-dealkylation sites (tertiary alicyclic amines) is 1. The maximum Gasteiger partial charge on any atom is 0.407 e. The number of carbonyl (C=O) groups excluding carboxylic acids is 1. The molecule has 0 bridgehead atoms. The summed E-state index contributed by atoms with van der Waals surface area (Å²) >= 11 is 7.92. The molecule has 2 heterocycles. The number of amides is 2. The Kier molecular flexibility index (Phi) is 5.03. The lowest BCUT2D eigenvalue weighted by atomic mass is 9.97. The van der Waals surface area contributed by atoms with Gasteiger partial charge in [-0.3, -0.25) is 4.79 Å². The van der Waals surface area contributed by atoms with Crippen LogP contribution in [0.1, 0.15) is 12.8 Å². The van der Waals surface area contributed by atoms with Crippen molar-refractivity contribution < 1.29 is 14.7 Å². The number of halogens is 2. The lowest BCUT2D eigenvalue weighted by Gasteiger charge is -2.29. The van der Waals surface area contributed by atoms with Gasteiger partial charge in [-0.15, -0.1) is 0 Å². The second kappa shape index (κ2) is 6.57. The SMILES string of the molecule is O=C(Nc1cc(I)c(Cl)cn1)C1CCCN(C(=O)O)C1. The van der Waals surface area contributed by atoms with E-state index in [2.05, 4.69) is 32.9 Å². The molecule has 0 aliphatic carbocycles. The van der Waals surface area contributed by atoms with Gasteiger partial charge in [-0.2, -0.15) is 0 Å². The van der Waals surface area contributed by atoms with Gasteiger partial charge >= 0.3 is 6.09 Å². The third-order valence-corrected chi connectivity index (χ3v) is 4.64. The van der Waals surface area contributed by atoms with Crippen molar-refractivity contribution in [3.05, 3.63) is 20.9 Å². The Hall–Kier alpha value is -1.09. The summed E-state index contributed by atoms with van der Waals surface area (Å²) in [7, 11) is 0. The van der Waals surface area contributed by atoms with E-state index < -0.39 is 6.09 Å². The molecule has 1 aromatic heterocycles. The highest BCUT2D eigenvalue weighted by atomic mass is 127. The molecule has 0 saturated carbocycles. The molecule has 1 saturated heterocycles. The van der Waals surface area contributed by atoms with Crippen LogP contribution in [0.3, 0.4) is 0 Å². The summed E-state index contributed by atoms with van der Waals surface area (Å²) in [6, 6.07) is 1.68. The highest BCUT2D eigenvalue weighted by molar-refractivity contribution is 14.1. The topological polar surface area (TPSA) is 82.5 Å². The van der Waals surface area contributed by atoms with Gasteiger partial charge in [-0.25, -0.2) is 9.78 Å².